The zero-order valence-corrected chi connectivity index (χ0v) is 10.5. The Balaban J connectivity index is 1.88. The van der Waals surface area contributed by atoms with Crippen LogP contribution in [-0.2, 0) is 0 Å². The third-order valence-electron chi connectivity index (χ3n) is 3.24. The molecule has 1 saturated heterocycles. The first kappa shape index (κ1) is 12.3. The summed E-state index contributed by atoms with van der Waals surface area (Å²) < 4.78 is 0. The van der Waals surface area contributed by atoms with Gasteiger partial charge in [-0.1, -0.05) is 42.0 Å². The van der Waals surface area contributed by atoms with Crippen molar-refractivity contribution in [3.05, 3.63) is 41.5 Å². The molecule has 0 spiro atoms. The minimum Gasteiger partial charge on any atom is -0.393 e. The van der Waals surface area contributed by atoms with Crippen molar-refractivity contribution in [3.63, 3.8) is 0 Å². The quantitative estimate of drug-likeness (QED) is 0.864. The summed E-state index contributed by atoms with van der Waals surface area (Å²) in [5.74, 6) is 0. The first-order valence-electron chi connectivity index (χ1n) is 6.36. The van der Waals surface area contributed by atoms with Crippen LogP contribution < -0.4 is 0 Å². The first-order valence-corrected chi connectivity index (χ1v) is 6.36. The van der Waals surface area contributed by atoms with Crippen LogP contribution in [0.15, 0.2) is 35.9 Å². The summed E-state index contributed by atoms with van der Waals surface area (Å²) in [6.45, 7) is 5.22. The molecule has 17 heavy (non-hydrogen) atoms. The van der Waals surface area contributed by atoms with Gasteiger partial charge in [0.15, 0.2) is 0 Å². The molecule has 1 aliphatic heterocycles. The van der Waals surface area contributed by atoms with Gasteiger partial charge in [-0.15, -0.1) is 0 Å². The lowest BCUT2D eigenvalue weighted by atomic mass is 10.1. The second-order valence-corrected chi connectivity index (χ2v) is 4.91. The number of aliphatic hydroxyl groups excluding tert-OH is 1. The molecular weight excluding hydrogens is 210 g/mol. The molecule has 2 heteroatoms. The van der Waals surface area contributed by atoms with Crippen LogP contribution in [0.2, 0.25) is 0 Å². The Morgan fingerprint density at radius 3 is 2.59 bits per heavy atom. The van der Waals surface area contributed by atoms with Crippen molar-refractivity contribution in [2.75, 3.05) is 19.6 Å². The molecule has 1 aromatic rings. The highest BCUT2D eigenvalue weighted by atomic mass is 16.3. The summed E-state index contributed by atoms with van der Waals surface area (Å²) in [7, 11) is 0. The van der Waals surface area contributed by atoms with E-state index in [1.54, 1.807) is 0 Å². The molecule has 1 heterocycles. The van der Waals surface area contributed by atoms with E-state index in [2.05, 4.69) is 42.2 Å². The maximum atomic E-state index is 9.45. The summed E-state index contributed by atoms with van der Waals surface area (Å²) in [5, 5.41) is 9.45. The van der Waals surface area contributed by atoms with Gasteiger partial charge >= 0.3 is 0 Å². The fourth-order valence-corrected chi connectivity index (χ4v) is 2.31. The van der Waals surface area contributed by atoms with Crippen molar-refractivity contribution in [1.29, 1.82) is 0 Å². The van der Waals surface area contributed by atoms with E-state index < -0.39 is 0 Å². The number of likely N-dealkylation sites (tertiary alicyclic amines) is 1. The summed E-state index contributed by atoms with van der Waals surface area (Å²) >= 11 is 0. The molecule has 0 aromatic heterocycles. The number of hydrogen-bond acceptors (Lipinski definition) is 2. The highest BCUT2D eigenvalue weighted by Crippen LogP contribution is 2.13. The monoisotopic (exact) mass is 231 g/mol. The maximum Gasteiger partial charge on any atom is 0.0564 e. The van der Waals surface area contributed by atoms with Gasteiger partial charge in [0.2, 0.25) is 0 Å². The van der Waals surface area contributed by atoms with Crippen LogP contribution in [0.5, 0.6) is 0 Å². The van der Waals surface area contributed by atoms with E-state index in [-0.39, 0.29) is 6.10 Å². The van der Waals surface area contributed by atoms with Gasteiger partial charge in [-0.25, -0.2) is 0 Å². The van der Waals surface area contributed by atoms with E-state index in [1.807, 2.05) is 6.07 Å². The Morgan fingerprint density at radius 1 is 1.29 bits per heavy atom. The van der Waals surface area contributed by atoms with E-state index in [9.17, 15) is 5.11 Å². The SMILES string of the molecule is C/C(=C/c1ccccc1)CN1CCC(O)CC1. The zero-order chi connectivity index (χ0) is 12.1. The Morgan fingerprint density at radius 2 is 1.94 bits per heavy atom. The molecule has 2 rings (SSSR count). The molecule has 0 radical (unpaired) electrons. The van der Waals surface area contributed by atoms with Crippen molar-refractivity contribution in [3.8, 4) is 0 Å². The minimum atomic E-state index is -0.0790. The molecule has 1 N–H and O–H groups in total. The topological polar surface area (TPSA) is 23.5 Å². The predicted molar refractivity (Wildman–Crippen MR) is 71.8 cm³/mol. The molecule has 0 bridgehead atoms. The van der Waals surface area contributed by atoms with Gasteiger partial charge in [0.1, 0.15) is 0 Å². The predicted octanol–water partition coefficient (Wildman–Crippen LogP) is 2.55. The number of rotatable bonds is 3. The highest BCUT2D eigenvalue weighted by Gasteiger charge is 2.16. The van der Waals surface area contributed by atoms with Crippen molar-refractivity contribution in [2.24, 2.45) is 0 Å². The average molecular weight is 231 g/mol. The molecule has 0 amide bonds. The molecule has 92 valence electrons. The number of benzene rings is 1. The van der Waals surface area contributed by atoms with Crippen LogP contribution in [0.4, 0.5) is 0 Å². The normalized spacial score (nSPS) is 19.5. The largest absolute Gasteiger partial charge is 0.393 e. The van der Waals surface area contributed by atoms with Crippen LogP contribution in [-0.4, -0.2) is 35.7 Å². The lowest BCUT2D eigenvalue weighted by molar-refractivity contribution is 0.0870. The highest BCUT2D eigenvalue weighted by molar-refractivity contribution is 5.52. The fourth-order valence-electron chi connectivity index (χ4n) is 2.31. The van der Waals surface area contributed by atoms with Gasteiger partial charge in [0, 0.05) is 19.6 Å². The van der Waals surface area contributed by atoms with E-state index in [4.69, 9.17) is 0 Å². The Bertz CT molecular complexity index is 364. The van der Waals surface area contributed by atoms with Gasteiger partial charge in [0.25, 0.3) is 0 Å². The number of aliphatic hydroxyl groups is 1. The summed E-state index contributed by atoms with van der Waals surface area (Å²) in [4.78, 5) is 2.42. The lowest BCUT2D eigenvalue weighted by Crippen LogP contribution is -2.36. The number of nitrogens with zero attached hydrogens (tertiary/aromatic N) is 1. The average Bonchev–Trinajstić information content (AvgIpc) is 2.33. The number of hydrogen-bond donors (Lipinski definition) is 1. The Kier molecular flexibility index (Phi) is 4.35. The standard InChI is InChI=1S/C15H21NO/c1-13(11-14-5-3-2-4-6-14)12-16-9-7-15(17)8-10-16/h2-6,11,15,17H,7-10,12H2,1H3/b13-11-. The van der Waals surface area contributed by atoms with Crippen LogP contribution in [0.1, 0.15) is 25.3 Å². The Labute approximate surface area is 104 Å². The lowest BCUT2D eigenvalue weighted by Gasteiger charge is -2.29. The van der Waals surface area contributed by atoms with Gasteiger partial charge < -0.3 is 5.11 Å². The van der Waals surface area contributed by atoms with Crippen LogP contribution in [0.25, 0.3) is 6.08 Å². The molecular formula is C15H21NO. The van der Waals surface area contributed by atoms with E-state index in [0.29, 0.717) is 0 Å². The van der Waals surface area contributed by atoms with E-state index in [0.717, 1.165) is 32.5 Å². The van der Waals surface area contributed by atoms with Crippen molar-refractivity contribution >= 4 is 6.08 Å². The summed E-state index contributed by atoms with van der Waals surface area (Å²) in [6.07, 6.45) is 3.99. The van der Waals surface area contributed by atoms with Crippen LogP contribution in [0, 0.1) is 0 Å². The second-order valence-electron chi connectivity index (χ2n) is 4.91. The van der Waals surface area contributed by atoms with Crippen molar-refractivity contribution in [2.45, 2.75) is 25.9 Å². The maximum absolute atomic E-state index is 9.45. The minimum absolute atomic E-state index is 0.0790. The first-order chi connectivity index (χ1) is 8.24. The van der Waals surface area contributed by atoms with E-state index >= 15 is 0 Å². The molecule has 1 aliphatic rings. The van der Waals surface area contributed by atoms with Crippen molar-refractivity contribution in [1.82, 2.24) is 4.90 Å². The van der Waals surface area contributed by atoms with E-state index in [1.165, 1.54) is 11.1 Å². The molecule has 0 atom stereocenters. The zero-order valence-electron chi connectivity index (χ0n) is 10.5. The van der Waals surface area contributed by atoms with Gasteiger partial charge in [-0.3, -0.25) is 4.90 Å². The van der Waals surface area contributed by atoms with Crippen LogP contribution >= 0.6 is 0 Å². The molecule has 1 aromatic carbocycles. The summed E-state index contributed by atoms with van der Waals surface area (Å²) in [5.41, 5.74) is 2.65. The fraction of sp³-hybridized carbons (Fsp3) is 0.467. The molecule has 0 unspecified atom stereocenters. The Hall–Kier alpha value is -1.12. The third kappa shape index (κ3) is 3.99. The second kappa shape index (κ2) is 5.99. The molecule has 0 aliphatic carbocycles. The van der Waals surface area contributed by atoms with Gasteiger partial charge in [-0.05, 0) is 25.3 Å². The molecule has 2 nitrogen and oxygen atoms in total. The number of piperidine rings is 1. The summed E-state index contributed by atoms with van der Waals surface area (Å²) in [6, 6.07) is 10.4. The van der Waals surface area contributed by atoms with Crippen molar-refractivity contribution < 1.29 is 5.11 Å². The van der Waals surface area contributed by atoms with Gasteiger partial charge in [-0.2, -0.15) is 0 Å². The molecule has 0 saturated carbocycles. The third-order valence-corrected chi connectivity index (χ3v) is 3.24. The molecule has 1 fully saturated rings. The van der Waals surface area contributed by atoms with Gasteiger partial charge in [0.05, 0.1) is 6.10 Å². The van der Waals surface area contributed by atoms with Crippen LogP contribution in [0.3, 0.4) is 0 Å². The smallest absolute Gasteiger partial charge is 0.0564 e.